The summed E-state index contributed by atoms with van der Waals surface area (Å²) < 4.78 is 0. The summed E-state index contributed by atoms with van der Waals surface area (Å²) in [6.07, 6.45) is 1.96. The SMILES string of the molecule is c1ccc(-c2cc(-c3ccccc3)nc(-c3ccc(-c4ccc5ccc(-c6ccc(-c7cnc8ccccc8c7)cc6)cc5c4)cc3)n2)cc1. The second kappa shape index (κ2) is 12.7. The first-order valence-corrected chi connectivity index (χ1v) is 16.8. The highest BCUT2D eigenvalue weighted by molar-refractivity contribution is 5.91. The lowest BCUT2D eigenvalue weighted by molar-refractivity contribution is 1.18. The number of nitrogens with zero attached hydrogens (tertiary/aromatic N) is 3. The molecule has 9 rings (SSSR count). The third-order valence-electron chi connectivity index (χ3n) is 9.32. The number of para-hydroxylation sites is 1. The van der Waals surface area contributed by atoms with Crippen molar-refractivity contribution in [3.63, 3.8) is 0 Å². The van der Waals surface area contributed by atoms with Crippen LogP contribution in [0.5, 0.6) is 0 Å². The number of pyridine rings is 1. The van der Waals surface area contributed by atoms with E-state index in [4.69, 9.17) is 9.97 Å². The predicted molar refractivity (Wildman–Crippen MR) is 207 cm³/mol. The lowest BCUT2D eigenvalue weighted by atomic mass is 9.96. The molecule has 0 bridgehead atoms. The normalized spacial score (nSPS) is 11.2. The van der Waals surface area contributed by atoms with Gasteiger partial charge < -0.3 is 0 Å². The van der Waals surface area contributed by atoms with E-state index in [2.05, 4.69) is 138 Å². The van der Waals surface area contributed by atoms with Crippen LogP contribution in [-0.2, 0) is 0 Å². The van der Waals surface area contributed by atoms with Crippen LogP contribution in [0.15, 0.2) is 188 Å². The highest BCUT2D eigenvalue weighted by Crippen LogP contribution is 2.32. The minimum atomic E-state index is 0.711. The molecule has 0 unspecified atom stereocenters. The van der Waals surface area contributed by atoms with E-state index < -0.39 is 0 Å². The summed E-state index contributed by atoms with van der Waals surface area (Å²) in [4.78, 5) is 14.7. The number of benzene rings is 7. The van der Waals surface area contributed by atoms with Gasteiger partial charge in [-0.3, -0.25) is 4.98 Å². The van der Waals surface area contributed by atoms with Crippen LogP contribution in [0.1, 0.15) is 0 Å². The van der Waals surface area contributed by atoms with Crippen LogP contribution in [-0.4, -0.2) is 15.0 Å². The van der Waals surface area contributed by atoms with Crippen molar-refractivity contribution in [1.29, 1.82) is 0 Å². The van der Waals surface area contributed by atoms with Gasteiger partial charge in [0.2, 0.25) is 0 Å². The quantitative estimate of drug-likeness (QED) is 0.182. The maximum absolute atomic E-state index is 5.00. The van der Waals surface area contributed by atoms with Crippen LogP contribution in [0, 0.1) is 0 Å². The second-order valence-corrected chi connectivity index (χ2v) is 12.5. The van der Waals surface area contributed by atoms with Crippen molar-refractivity contribution in [1.82, 2.24) is 15.0 Å². The summed E-state index contributed by atoms with van der Waals surface area (Å²) in [7, 11) is 0. The molecule has 2 aromatic heterocycles. The van der Waals surface area contributed by atoms with Crippen molar-refractivity contribution in [2.75, 3.05) is 0 Å². The fourth-order valence-electron chi connectivity index (χ4n) is 6.59. The molecule has 0 radical (unpaired) electrons. The van der Waals surface area contributed by atoms with Crippen molar-refractivity contribution in [2.24, 2.45) is 0 Å². The van der Waals surface area contributed by atoms with Gasteiger partial charge in [0.05, 0.1) is 16.9 Å². The van der Waals surface area contributed by atoms with Gasteiger partial charge in [-0.1, -0.05) is 152 Å². The van der Waals surface area contributed by atoms with Gasteiger partial charge >= 0.3 is 0 Å². The largest absolute Gasteiger partial charge is 0.256 e. The third kappa shape index (κ3) is 5.82. The molecule has 9 aromatic rings. The van der Waals surface area contributed by atoms with Crippen molar-refractivity contribution in [3.05, 3.63) is 188 Å². The zero-order valence-corrected chi connectivity index (χ0v) is 27.2. The third-order valence-corrected chi connectivity index (χ3v) is 9.32. The second-order valence-electron chi connectivity index (χ2n) is 12.5. The van der Waals surface area contributed by atoms with Gasteiger partial charge in [0.15, 0.2) is 5.82 Å². The van der Waals surface area contributed by atoms with Gasteiger partial charge in [-0.05, 0) is 68.9 Å². The monoisotopic (exact) mass is 637 g/mol. The summed E-state index contributed by atoms with van der Waals surface area (Å²) >= 11 is 0. The van der Waals surface area contributed by atoms with Gasteiger partial charge in [-0.15, -0.1) is 0 Å². The molecular formula is C47H31N3. The molecule has 0 amide bonds. The van der Waals surface area contributed by atoms with Crippen LogP contribution in [0.25, 0.3) is 89.0 Å². The van der Waals surface area contributed by atoms with Gasteiger partial charge in [0, 0.05) is 33.8 Å². The van der Waals surface area contributed by atoms with E-state index in [1.807, 2.05) is 54.7 Å². The average molecular weight is 638 g/mol. The fraction of sp³-hybridized carbons (Fsp3) is 0. The van der Waals surface area contributed by atoms with Crippen LogP contribution < -0.4 is 0 Å². The Kier molecular flexibility index (Phi) is 7.49. The standard InChI is InChI=1S/C47H31N3/c1-3-9-36(10-4-1)45-30-46(37-11-5-2-6-12-37)50-47(49-45)38-23-19-33(20-24-38)40-26-22-34-21-25-39(27-42(34)28-40)32-15-17-35(18-16-32)43-29-41-13-7-8-14-44(41)48-31-43/h1-31H. The first kappa shape index (κ1) is 29.4. The lowest BCUT2D eigenvalue weighted by Crippen LogP contribution is -1.95. The van der Waals surface area contributed by atoms with E-state index in [-0.39, 0.29) is 0 Å². The molecule has 0 aliphatic heterocycles. The first-order valence-electron chi connectivity index (χ1n) is 16.8. The first-order chi connectivity index (χ1) is 24.7. The summed E-state index contributed by atoms with van der Waals surface area (Å²) in [5.41, 5.74) is 12.9. The number of hydrogen-bond acceptors (Lipinski definition) is 3. The summed E-state index contributed by atoms with van der Waals surface area (Å²) in [6.45, 7) is 0. The molecule has 234 valence electrons. The Balaban J connectivity index is 1.01. The molecule has 0 saturated carbocycles. The Morgan fingerprint density at radius 1 is 0.280 bits per heavy atom. The number of fused-ring (bicyclic) bond motifs is 2. The topological polar surface area (TPSA) is 38.7 Å². The lowest BCUT2D eigenvalue weighted by Gasteiger charge is -2.11. The average Bonchev–Trinajstić information content (AvgIpc) is 3.21. The van der Waals surface area contributed by atoms with Gasteiger partial charge in [0.25, 0.3) is 0 Å². The van der Waals surface area contributed by atoms with Crippen LogP contribution in [0.4, 0.5) is 0 Å². The van der Waals surface area contributed by atoms with E-state index in [0.717, 1.165) is 55.7 Å². The van der Waals surface area contributed by atoms with Crippen molar-refractivity contribution >= 4 is 21.7 Å². The Bertz CT molecular complexity index is 2550. The maximum Gasteiger partial charge on any atom is 0.160 e. The molecule has 3 nitrogen and oxygen atoms in total. The van der Waals surface area contributed by atoms with E-state index >= 15 is 0 Å². The molecule has 0 aliphatic carbocycles. The molecule has 0 spiro atoms. The molecule has 0 N–H and O–H groups in total. The number of rotatable bonds is 6. The minimum absolute atomic E-state index is 0.711. The fourth-order valence-corrected chi connectivity index (χ4v) is 6.59. The van der Waals surface area contributed by atoms with Gasteiger partial charge in [-0.2, -0.15) is 0 Å². The van der Waals surface area contributed by atoms with Crippen LogP contribution >= 0.6 is 0 Å². The number of hydrogen-bond donors (Lipinski definition) is 0. The van der Waals surface area contributed by atoms with Crippen molar-refractivity contribution in [3.8, 4) is 67.3 Å². The smallest absolute Gasteiger partial charge is 0.160 e. The Morgan fingerprint density at radius 2 is 0.740 bits per heavy atom. The van der Waals surface area contributed by atoms with E-state index in [0.29, 0.717) is 5.82 Å². The minimum Gasteiger partial charge on any atom is -0.256 e. The summed E-state index contributed by atoms with van der Waals surface area (Å²) in [6, 6.07) is 63.8. The molecule has 2 heterocycles. The zero-order valence-electron chi connectivity index (χ0n) is 27.2. The number of aromatic nitrogens is 3. The molecule has 3 heteroatoms. The summed E-state index contributed by atoms with van der Waals surface area (Å²) in [5.74, 6) is 0.711. The highest BCUT2D eigenvalue weighted by Gasteiger charge is 2.11. The van der Waals surface area contributed by atoms with E-state index in [9.17, 15) is 0 Å². The predicted octanol–water partition coefficient (Wildman–Crippen LogP) is 12.2. The van der Waals surface area contributed by atoms with E-state index in [1.54, 1.807) is 0 Å². The molecule has 7 aromatic carbocycles. The van der Waals surface area contributed by atoms with Crippen LogP contribution in [0.3, 0.4) is 0 Å². The molecule has 0 atom stereocenters. The van der Waals surface area contributed by atoms with Crippen molar-refractivity contribution in [2.45, 2.75) is 0 Å². The van der Waals surface area contributed by atoms with Crippen molar-refractivity contribution < 1.29 is 0 Å². The molecule has 0 saturated heterocycles. The molecule has 0 fully saturated rings. The molecule has 0 aliphatic rings. The van der Waals surface area contributed by atoms with Gasteiger partial charge in [-0.25, -0.2) is 9.97 Å². The Hall–Kier alpha value is -6.71. The Labute approximate surface area is 291 Å². The Morgan fingerprint density at radius 3 is 1.32 bits per heavy atom. The zero-order chi connectivity index (χ0) is 33.3. The maximum atomic E-state index is 5.00. The van der Waals surface area contributed by atoms with Crippen LogP contribution in [0.2, 0.25) is 0 Å². The summed E-state index contributed by atoms with van der Waals surface area (Å²) in [5, 5.41) is 3.57. The highest BCUT2D eigenvalue weighted by atomic mass is 14.9. The molecular weight excluding hydrogens is 607 g/mol. The van der Waals surface area contributed by atoms with E-state index in [1.165, 1.54) is 27.5 Å². The van der Waals surface area contributed by atoms with Gasteiger partial charge in [0.1, 0.15) is 0 Å². The molecule has 50 heavy (non-hydrogen) atoms.